The number of carbonyl (C=O) groups excluding carboxylic acids is 2. The third-order valence-electron chi connectivity index (χ3n) is 3.98. The van der Waals surface area contributed by atoms with E-state index in [-0.39, 0.29) is 24.0 Å². The van der Waals surface area contributed by atoms with Gasteiger partial charge in [-0.25, -0.2) is 0 Å². The molecule has 1 amide bonds. The molecule has 4 nitrogen and oxygen atoms in total. The van der Waals surface area contributed by atoms with Gasteiger partial charge in [-0.1, -0.05) is 45.1 Å². The SMILES string of the molecule is CCCCC/C(C)=C\C(=O)CCC1NC(=O)C(CCCC)O1. The molecule has 0 bridgehead atoms. The van der Waals surface area contributed by atoms with E-state index >= 15 is 0 Å². The Kier molecular flexibility index (Phi) is 9.05. The van der Waals surface area contributed by atoms with Crippen molar-refractivity contribution in [2.24, 2.45) is 0 Å². The largest absolute Gasteiger partial charge is 0.345 e. The molecule has 1 aliphatic heterocycles. The highest BCUT2D eigenvalue weighted by atomic mass is 16.5. The lowest BCUT2D eigenvalue weighted by Gasteiger charge is -2.10. The molecule has 0 radical (unpaired) electrons. The van der Waals surface area contributed by atoms with E-state index in [1.807, 2.05) is 6.92 Å². The molecule has 0 aromatic carbocycles. The molecular formula is C18H31NO3. The Labute approximate surface area is 134 Å². The van der Waals surface area contributed by atoms with Crippen LogP contribution in [0.1, 0.15) is 78.6 Å². The zero-order valence-electron chi connectivity index (χ0n) is 14.3. The molecule has 0 aromatic heterocycles. The van der Waals surface area contributed by atoms with E-state index in [4.69, 9.17) is 4.74 Å². The quantitative estimate of drug-likeness (QED) is 0.465. The summed E-state index contributed by atoms with van der Waals surface area (Å²) < 4.78 is 5.68. The van der Waals surface area contributed by atoms with Gasteiger partial charge in [0.15, 0.2) is 5.78 Å². The molecule has 4 heteroatoms. The number of hydrogen-bond donors (Lipinski definition) is 1. The Morgan fingerprint density at radius 2 is 1.86 bits per heavy atom. The summed E-state index contributed by atoms with van der Waals surface area (Å²) in [7, 11) is 0. The molecule has 1 fully saturated rings. The van der Waals surface area contributed by atoms with Crippen molar-refractivity contribution >= 4 is 11.7 Å². The molecule has 1 N–H and O–H groups in total. The average molecular weight is 309 g/mol. The van der Waals surface area contributed by atoms with E-state index < -0.39 is 0 Å². The van der Waals surface area contributed by atoms with Crippen LogP contribution in [0.5, 0.6) is 0 Å². The third-order valence-corrected chi connectivity index (χ3v) is 3.98. The Bertz CT molecular complexity index is 390. The van der Waals surface area contributed by atoms with Crippen LogP contribution < -0.4 is 5.32 Å². The lowest BCUT2D eigenvalue weighted by molar-refractivity contribution is -0.123. The van der Waals surface area contributed by atoms with Crippen LogP contribution in [0.2, 0.25) is 0 Å². The highest BCUT2D eigenvalue weighted by Gasteiger charge is 2.31. The second-order valence-electron chi connectivity index (χ2n) is 6.22. The van der Waals surface area contributed by atoms with Gasteiger partial charge in [-0.15, -0.1) is 0 Å². The summed E-state index contributed by atoms with van der Waals surface area (Å²) in [5, 5.41) is 2.83. The molecule has 0 saturated carbocycles. The van der Waals surface area contributed by atoms with E-state index in [2.05, 4.69) is 19.2 Å². The van der Waals surface area contributed by atoms with Gasteiger partial charge >= 0.3 is 0 Å². The Balaban J connectivity index is 2.27. The summed E-state index contributed by atoms with van der Waals surface area (Å²) in [4.78, 5) is 23.7. The molecule has 1 heterocycles. The first-order valence-corrected chi connectivity index (χ1v) is 8.72. The Morgan fingerprint density at radius 3 is 2.55 bits per heavy atom. The summed E-state index contributed by atoms with van der Waals surface area (Å²) >= 11 is 0. The maximum Gasteiger partial charge on any atom is 0.251 e. The molecule has 2 unspecified atom stereocenters. The van der Waals surface area contributed by atoms with Crippen LogP contribution in [-0.4, -0.2) is 24.0 Å². The first-order valence-electron chi connectivity index (χ1n) is 8.72. The van der Waals surface area contributed by atoms with Crippen LogP contribution in [0.25, 0.3) is 0 Å². The van der Waals surface area contributed by atoms with Crippen LogP contribution in [0, 0.1) is 0 Å². The Morgan fingerprint density at radius 1 is 1.14 bits per heavy atom. The first kappa shape index (κ1) is 18.9. The lowest BCUT2D eigenvalue weighted by Crippen LogP contribution is -2.28. The molecule has 1 saturated heterocycles. The van der Waals surface area contributed by atoms with Crippen LogP contribution in [-0.2, 0) is 14.3 Å². The topological polar surface area (TPSA) is 55.4 Å². The monoisotopic (exact) mass is 309 g/mol. The summed E-state index contributed by atoms with van der Waals surface area (Å²) in [6.45, 7) is 6.29. The van der Waals surface area contributed by atoms with Gasteiger partial charge < -0.3 is 10.1 Å². The van der Waals surface area contributed by atoms with Gasteiger partial charge in [-0.3, -0.25) is 9.59 Å². The molecule has 2 atom stereocenters. The molecule has 22 heavy (non-hydrogen) atoms. The minimum absolute atomic E-state index is 0.0304. The number of carbonyl (C=O) groups is 2. The van der Waals surface area contributed by atoms with Crippen molar-refractivity contribution in [2.45, 2.75) is 90.9 Å². The predicted octanol–water partition coefficient (Wildman–Crippen LogP) is 3.89. The molecular weight excluding hydrogens is 278 g/mol. The van der Waals surface area contributed by atoms with E-state index in [1.165, 1.54) is 12.8 Å². The second-order valence-corrected chi connectivity index (χ2v) is 6.22. The number of ketones is 1. The van der Waals surface area contributed by atoms with Crippen LogP contribution in [0.3, 0.4) is 0 Å². The first-order chi connectivity index (χ1) is 10.6. The number of nitrogens with one attached hydrogen (secondary N) is 1. The number of amides is 1. The smallest absolute Gasteiger partial charge is 0.251 e. The molecule has 1 rings (SSSR count). The van der Waals surface area contributed by atoms with E-state index in [1.54, 1.807) is 6.08 Å². The fourth-order valence-corrected chi connectivity index (χ4v) is 2.62. The van der Waals surface area contributed by atoms with E-state index in [0.29, 0.717) is 12.8 Å². The van der Waals surface area contributed by atoms with Crippen molar-refractivity contribution in [1.29, 1.82) is 0 Å². The number of hydrogen-bond acceptors (Lipinski definition) is 3. The lowest BCUT2D eigenvalue weighted by atomic mass is 10.1. The Hall–Kier alpha value is -1.16. The second kappa shape index (κ2) is 10.5. The number of unbranched alkanes of at least 4 members (excludes halogenated alkanes) is 3. The van der Waals surface area contributed by atoms with Crippen molar-refractivity contribution in [3.05, 3.63) is 11.6 Å². The summed E-state index contributed by atoms with van der Waals surface area (Å²) in [5.41, 5.74) is 1.15. The van der Waals surface area contributed by atoms with Crippen molar-refractivity contribution in [1.82, 2.24) is 5.32 Å². The predicted molar refractivity (Wildman–Crippen MR) is 88.5 cm³/mol. The molecule has 1 aliphatic rings. The van der Waals surface area contributed by atoms with E-state index in [9.17, 15) is 9.59 Å². The summed E-state index contributed by atoms with van der Waals surface area (Å²) in [6.07, 6.45) is 9.47. The normalized spacial score (nSPS) is 22.0. The van der Waals surface area contributed by atoms with Crippen molar-refractivity contribution in [3.63, 3.8) is 0 Å². The summed E-state index contributed by atoms with van der Waals surface area (Å²) in [6, 6.07) is 0. The van der Waals surface area contributed by atoms with Crippen LogP contribution in [0.4, 0.5) is 0 Å². The molecule has 0 aliphatic carbocycles. The third kappa shape index (κ3) is 7.21. The van der Waals surface area contributed by atoms with E-state index in [0.717, 1.165) is 37.7 Å². The fraction of sp³-hybridized carbons (Fsp3) is 0.778. The van der Waals surface area contributed by atoms with Gasteiger partial charge in [0.25, 0.3) is 5.91 Å². The highest BCUT2D eigenvalue weighted by Crippen LogP contribution is 2.17. The zero-order valence-corrected chi connectivity index (χ0v) is 14.3. The van der Waals surface area contributed by atoms with Crippen molar-refractivity contribution < 1.29 is 14.3 Å². The van der Waals surface area contributed by atoms with Gasteiger partial charge in [0, 0.05) is 6.42 Å². The molecule has 0 aromatic rings. The summed E-state index contributed by atoms with van der Waals surface area (Å²) in [5.74, 6) is 0.0982. The number of ether oxygens (including phenoxy) is 1. The number of rotatable bonds is 11. The van der Waals surface area contributed by atoms with Crippen molar-refractivity contribution in [3.8, 4) is 0 Å². The van der Waals surface area contributed by atoms with Gasteiger partial charge in [-0.05, 0) is 38.7 Å². The molecule has 126 valence electrons. The maximum absolute atomic E-state index is 11.9. The number of allylic oxidation sites excluding steroid dienone is 2. The van der Waals surface area contributed by atoms with Gasteiger partial charge in [0.1, 0.15) is 12.3 Å². The van der Waals surface area contributed by atoms with Crippen LogP contribution in [0.15, 0.2) is 11.6 Å². The standard InChI is InChI=1S/C18H31NO3/c1-4-6-8-9-14(3)13-15(20)11-12-17-19-18(21)16(22-17)10-7-5-2/h13,16-17H,4-12H2,1-3H3,(H,19,21)/b14-13-. The highest BCUT2D eigenvalue weighted by molar-refractivity contribution is 5.90. The fourth-order valence-electron chi connectivity index (χ4n) is 2.62. The molecule has 0 spiro atoms. The van der Waals surface area contributed by atoms with Crippen molar-refractivity contribution in [2.75, 3.05) is 0 Å². The van der Waals surface area contributed by atoms with Gasteiger partial charge in [-0.2, -0.15) is 0 Å². The van der Waals surface area contributed by atoms with Crippen LogP contribution >= 0.6 is 0 Å². The zero-order chi connectivity index (χ0) is 16.4. The maximum atomic E-state index is 11.9. The van der Waals surface area contributed by atoms with Gasteiger partial charge in [0.05, 0.1) is 0 Å². The average Bonchev–Trinajstić information content (AvgIpc) is 2.83. The van der Waals surface area contributed by atoms with Gasteiger partial charge in [0.2, 0.25) is 0 Å². The minimum atomic E-state index is -0.327. The minimum Gasteiger partial charge on any atom is -0.345 e.